The van der Waals surface area contributed by atoms with E-state index in [2.05, 4.69) is 10.6 Å². The van der Waals surface area contributed by atoms with Gasteiger partial charge in [0.25, 0.3) is 0 Å². The minimum Gasteiger partial charge on any atom is -0.335 e. The number of hydrogen-bond acceptors (Lipinski definition) is 2. The maximum absolute atomic E-state index is 11.8. The Hall–Kier alpha value is -0.980. The van der Waals surface area contributed by atoms with E-state index in [1.807, 2.05) is 6.92 Å². The maximum Gasteiger partial charge on any atom is 0.405 e. The number of hydrogen-bond donors (Lipinski definition) is 3. The molecule has 1 heterocycles. The Morgan fingerprint density at radius 2 is 2.19 bits per heavy atom. The van der Waals surface area contributed by atoms with Crippen LogP contribution in [0, 0.1) is 5.92 Å². The van der Waals surface area contributed by atoms with Gasteiger partial charge in [0.05, 0.1) is 0 Å². The highest BCUT2D eigenvalue weighted by Crippen LogP contribution is 2.13. The van der Waals surface area contributed by atoms with Crippen LogP contribution in [0.5, 0.6) is 0 Å². The first-order valence-electron chi connectivity index (χ1n) is 5.20. The SMILES string of the molecule is CC1CNCCC1NC(=O)NCC(F)(F)F. The highest BCUT2D eigenvalue weighted by molar-refractivity contribution is 5.74. The maximum atomic E-state index is 11.8. The lowest BCUT2D eigenvalue weighted by Crippen LogP contribution is -2.52. The van der Waals surface area contributed by atoms with Crippen molar-refractivity contribution < 1.29 is 18.0 Å². The largest absolute Gasteiger partial charge is 0.405 e. The number of carbonyl (C=O) groups is 1. The van der Waals surface area contributed by atoms with Crippen molar-refractivity contribution in [2.24, 2.45) is 5.92 Å². The summed E-state index contributed by atoms with van der Waals surface area (Å²) in [4.78, 5) is 11.2. The predicted octanol–water partition coefficient (Wildman–Crippen LogP) is 0.846. The van der Waals surface area contributed by atoms with Gasteiger partial charge in [0.2, 0.25) is 0 Å². The van der Waals surface area contributed by atoms with Gasteiger partial charge in [-0.1, -0.05) is 6.92 Å². The van der Waals surface area contributed by atoms with Gasteiger partial charge in [-0.2, -0.15) is 13.2 Å². The van der Waals surface area contributed by atoms with Gasteiger partial charge >= 0.3 is 12.2 Å². The Balaban J connectivity index is 2.28. The van der Waals surface area contributed by atoms with Gasteiger partial charge < -0.3 is 16.0 Å². The molecule has 1 aliphatic heterocycles. The number of amides is 2. The third-order valence-corrected chi connectivity index (χ3v) is 2.55. The molecular weight excluding hydrogens is 223 g/mol. The van der Waals surface area contributed by atoms with E-state index < -0.39 is 18.8 Å². The number of alkyl halides is 3. The molecule has 7 heteroatoms. The normalized spacial score (nSPS) is 26.2. The minimum atomic E-state index is -4.36. The van der Waals surface area contributed by atoms with E-state index in [1.54, 1.807) is 5.32 Å². The lowest BCUT2D eigenvalue weighted by Gasteiger charge is -2.30. The smallest absolute Gasteiger partial charge is 0.335 e. The fourth-order valence-corrected chi connectivity index (χ4v) is 1.63. The Labute approximate surface area is 92.0 Å². The summed E-state index contributed by atoms with van der Waals surface area (Å²) in [6, 6.07) is -0.814. The number of urea groups is 1. The summed E-state index contributed by atoms with van der Waals surface area (Å²) in [5.74, 6) is 0.227. The summed E-state index contributed by atoms with van der Waals surface area (Å²) < 4.78 is 35.5. The molecule has 1 fully saturated rings. The predicted molar refractivity (Wildman–Crippen MR) is 53.0 cm³/mol. The van der Waals surface area contributed by atoms with E-state index in [0.717, 1.165) is 19.5 Å². The molecule has 3 N–H and O–H groups in total. The topological polar surface area (TPSA) is 53.2 Å². The zero-order valence-corrected chi connectivity index (χ0v) is 9.03. The molecule has 0 aromatic heterocycles. The summed E-state index contributed by atoms with van der Waals surface area (Å²) in [6.07, 6.45) is -3.63. The third kappa shape index (κ3) is 4.69. The summed E-state index contributed by atoms with van der Waals surface area (Å²) in [5, 5.41) is 7.49. The molecule has 1 rings (SSSR count). The first kappa shape index (κ1) is 13.1. The van der Waals surface area contributed by atoms with Crippen LogP contribution in [0.3, 0.4) is 0 Å². The van der Waals surface area contributed by atoms with Crippen molar-refractivity contribution in [3.05, 3.63) is 0 Å². The lowest BCUT2D eigenvalue weighted by atomic mass is 9.95. The van der Waals surface area contributed by atoms with E-state index in [9.17, 15) is 18.0 Å². The van der Waals surface area contributed by atoms with Gasteiger partial charge in [-0.25, -0.2) is 4.79 Å². The van der Waals surface area contributed by atoms with Crippen molar-refractivity contribution in [3.8, 4) is 0 Å². The number of nitrogens with one attached hydrogen (secondary N) is 3. The zero-order valence-electron chi connectivity index (χ0n) is 9.03. The second-order valence-electron chi connectivity index (χ2n) is 4.02. The summed E-state index contributed by atoms with van der Waals surface area (Å²) in [6.45, 7) is 2.19. The molecule has 0 radical (unpaired) electrons. The summed E-state index contributed by atoms with van der Waals surface area (Å²) >= 11 is 0. The van der Waals surface area contributed by atoms with Crippen LogP contribution in [-0.4, -0.2) is 37.9 Å². The molecule has 0 saturated carbocycles. The average molecular weight is 239 g/mol. The molecule has 0 aromatic rings. The number of piperidine rings is 1. The molecule has 2 unspecified atom stereocenters. The molecule has 0 bridgehead atoms. The second-order valence-corrected chi connectivity index (χ2v) is 4.02. The fourth-order valence-electron chi connectivity index (χ4n) is 1.63. The van der Waals surface area contributed by atoms with Crippen molar-refractivity contribution in [2.45, 2.75) is 25.6 Å². The highest BCUT2D eigenvalue weighted by atomic mass is 19.4. The van der Waals surface area contributed by atoms with Gasteiger partial charge in [0, 0.05) is 6.04 Å². The van der Waals surface area contributed by atoms with Crippen LogP contribution >= 0.6 is 0 Å². The molecule has 16 heavy (non-hydrogen) atoms. The second kappa shape index (κ2) is 5.38. The van der Waals surface area contributed by atoms with Crippen LogP contribution in [0.25, 0.3) is 0 Å². The molecule has 0 aromatic carbocycles. The molecule has 1 saturated heterocycles. The van der Waals surface area contributed by atoms with Crippen LogP contribution in [0.15, 0.2) is 0 Å². The van der Waals surface area contributed by atoms with Crippen molar-refractivity contribution in [3.63, 3.8) is 0 Å². The zero-order chi connectivity index (χ0) is 12.2. The molecular formula is C9H16F3N3O. The summed E-state index contributed by atoms with van der Waals surface area (Å²) in [5.41, 5.74) is 0. The van der Waals surface area contributed by atoms with Crippen LogP contribution < -0.4 is 16.0 Å². The van der Waals surface area contributed by atoms with E-state index in [0.29, 0.717) is 0 Å². The van der Waals surface area contributed by atoms with Crippen molar-refractivity contribution in [1.29, 1.82) is 0 Å². The monoisotopic (exact) mass is 239 g/mol. The Morgan fingerprint density at radius 3 is 2.75 bits per heavy atom. The minimum absolute atomic E-state index is 0.0607. The molecule has 94 valence electrons. The Morgan fingerprint density at radius 1 is 1.50 bits per heavy atom. The van der Waals surface area contributed by atoms with Gasteiger partial charge in [0.1, 0.15) is 6.54 Å². The number of carbonyl (C=O) groups excluding carboxylic acids is 1. The molecule has 2 atom stereocenters. The quantitative estimate of drug-likeness (QED) is 0.669. The Bertz CT molecular complexity index is 245. The average Bonchev–Trinajstić information content (AvgIpc) is 2.18. The van der Waals surface area contributed by atoms with E-state index in [1.165, 1.54) is 0 Å². The van der Waals surface area contributed by atoms with Crippen molar-refractivity contribution in [1.82, 2.24) is 16.0 Å². The summed E-state index contributed by atoms with van der Waals surface area (Å²) in [7, 11) is 0. The van der Waals surface area contributed by atoms with Crippen LogP contribution in [0.4, 0.5) is 18.0 Å². The van der Waals surface area contributed by atoms with Crippen LogP contribution in [0.1, 0.15) is 13.3 Å². The lowest BCUT2D eigenvalue weighted by molar-refractivity contribution is -0.122. The molecule has 2 amide bonds. The van der Waals surface area contributed by atoms with Gasteiger partial charge in [-0.3, -0.25) is 0 Å². The van der Waals surface area contributed by atoms with E-state index in [-0.39, 0.29) is 12.0 Å². The first-order chi connectivity index (χ1) is 7.38. The van der Waals surface area contributed by atoms with Gasteiger partial charge in [-0.05, 0) is 25.4 Å². The highest BCUT2D eigenvalue weighted by Gasteiger charge is 2.29. The van der Waals surface area contributed by atoms with Gasteiger partial charge in [-0.15, -0.1) is 0 Å². The number of halogens is 3. The molecule has 4 nitrogen and oxygen atoms in total. The van der Waals surface area contributed by atoms with Gasteiger partial charge in [0.15, 0.2) is 0 Å². The van der Waals surface area contributed by atoms with Crippen LogP contribution in [0.2, 0.25) is 0 Å². The molecule has 0 spiro atoms. The standard InChI is InChI=1S/C9H16F3N3O/c1-6-4-13-3-2-7(6)15-8(16)14-5-9(10,11)12/h6-7,13H,2-5H2,1H3,(H2,14,15,16). The van der Waals surface area contributed by atoms with E-state index >= 15 is 0 Å². The number of rotatable bonds is 2. The van der Waals surface area contributed by atoms with Crippen molar-refractivity contribution >= 4 is 6.03 Å². The third-order valence-electron chi connectivity index (χ3n) is 2.55. The fraction of sp³-hybridized carbons (Fsp3) is 0.889. The van der Waals surface area contributed by atoms with Crippen molar-refractivity contribution in [2.75, 3.05) is 19.6 Å². The van der Waals surface area contributed by atoms with Crippen LogP contribution in [-0.2, 0) is 0 Å². The molecule has 0 aliphatic carbocycles. The molecule has 1 aliphatic rings. The Kier molecular flexibility index (Phi) is 4.40. The first-order valence-corrected chi connectivity index (χ1v) is 5.20. The van der Waals surface area contributed by atoms with E-state index in [4.69, 9.17) is 0 Å².